The summed E-state index contributed by atoms with van der Waals surface area (Å²) in [5, 5.41) is 10.1. The topological polar surface area (TPSA) is 189 Å². The van der Waals surface area contributed by atoms with Gasteiger partial charge in [0.2, 0.25) is 0 Å². The van der Waals surface area contributed by atoms with Crippen molar-refractivity contribution in [3.05, 3.63) is 33.2 Å². The molecule has 2 rings (SSSR count). The SMILES string of the molecule is [3H]C(O)c1sc(CCOP(=O)(O)OP(=O)(O)O)c(C)[n+]1Cc1cnc(C)nc1N. The smallest absolute Gasteiger partial charge is 0.384 e. The van der Waals surface area contributed by atoms with Crippen molar-refractivity contribution >= 4 is 32.8 Å². The Balaban J connectivity index is 2.19. The predicted octanol–water partition coefficient (Wildman–Crippen LogP) is 0.334. The van der Waals surface area contributed by atoms with Crippen molar-refractivity contribution in [1.29, 1.82) is 0 Å². The van der Waals surface area contributed by atoms with Crippen LogP contribution in [0.15, 0.2) is 6.20 Å². The minimum absolute atomic E-state index is 0.0676. The molecule has 0 aromatic carbocycles. The van der Waals surface area contributed by atoms with Crippen LogP contribution in [0.5, 0.6) is 0 Å². The average Bonchev–Trinajstić information content (AvgIpc) is 2.84. The number of hydrogen-bond donors (Lipinski definition) is 5. The predicted molar refractivity (Wildman–Crippen MR) is 98.1 cm³/mol. The lowest BCUT2D eigenvalue weighted by Crippen LogP contribution is -2.40. The average molecular weight is 457 g/mol. The van der Waals surface area contributed by atoms with Crippen molar-refractivity contribution in [2.24, 2.45) is 0 Å². The molecular weight excluding hydrogens is 434 g/mol. The van der Waals surface area contributed by atoms with Crippen LogP contribution in [-0.4, -0.2) is 36.4 Å². The highest BCUT2D eigenvalue weighted by atomic mass is 32.1. The molecule has 0 aliphatic rings. The number of thiazole rings is 1. The number of hydrogen-bond acceptors (Lipinski definition) is 9. The number of aromatic nitrogens is 3. The van der Waals surface area contributed by atoms with Crippen LogP contribution in [0.25, 0.3) is 0 Å². The zero-order valence-corrected chi connectivity index (χ0v) is 17.5. The van der Waals surface area contributed by atoms with Crippen molar-refractivity contribution in [2.75, 3.05) is 12.3 Å². The van der Waals surface area contributed by atoms with Crippen molar-refractivity contribution in [1.82, 2.24) is 9.97 Å². The van der Waals surface area contributed by atoms with E-state index < -0.39 is 28.8 Å². The molecule has 0 saturated carbocycles. The molecule has 0 fully saturated rings. The first kappa shape index (κ1) is 21.4. The number of rotatable bonds is 9. The second-order valence-corrected chi connectivity index (χ2v) is 9.56. The lowest BCUT2D eigenvalue weighted by molar-refractivity contribution is -0.698. The molecule has 0 aliphatic carbocycles. The zero-order valence-electron chi connectivity index (χ0n) is 15.9. The summed E-state index contributed by atoms with van der Waals surface area (Å²) in [6, 6.07) is 0. The molecule has 0 bridgehead atoms. The molecule has 0 aliphatic heterocycles. The summed E-state index contributed by atoms with van der Waals surface area (Å²) >= 11 is 1.08. The fraction of sp³-hybridized carbons (Fsp3) is 0.462. The van der Waals surface area contributed by atoms with E-state index in [4.69, 9.17) is 16.9 Å². The molecule has 0 amide bonds. The molecule has 2 heterocycles. The summed E-state index contributed by atoms with van der Waals surface area (Å²) in [6.07, 6.45) is 1.62. The fourth-order valence-corrected chi connectivity index (χ4v) is 4.96. The highest BCUT2D eigenvalue weighted by molar-refractivity contribution is 7.60. The lowest BCUT2D eigenvalue weighted by atomic mass is 10.2. The summed E-state index contributed by atoms with van der Waals surface area (Å²) in [5.74, 6) is 0.768. The van der Waals surface area contributed by atoms with Gasteiger partial charge in [0, 0.05) is 19.5 Å². The van der Waals surface area contributed by atoms with Gasteiger partial charge in [0.15, 0.2) is 12.2 Å². The summed E-state index contributed by atoms with van der Waals surface area (Å²) in [4.78, 5) is 35.3. The second-order valence-electron chi connectivity index (χ2n) is 5.62. The van der Waals surface area contributed by atoms with E-state index in [0.29, 0.717) is 22.0 Å². The molecule has 2 unspecified atom stereocenters. The Morgan fingerprint density at radius 2 is 2.04 bits per heavy atom. The molecule has 2 aromatic heterocycles. The molecule has 0 saturated heterocycles. The number of phosphoric acid groups is 2. The maximum atomic E-state index is 11.5. The molecule has 12 nitrogen and oxygen atoms in total. The van der Waals surface area contributed by atoms with Gasteiger partial charge >= 0.3 is 15.6 Å². The molecule has 2 aromatic rings. The first-order valence-corrected chi connectivity index (χ1v) is 11.6. The van der Waals surface area contributed by atoms with Gasteiger partial charge < -0.3 is 25.5 Å². The maximum absolute atomic E-state index is 11.5. The van der Waals surface area contributed by atoms with E-state index in [1.165, 1.54) is 0 Å². The van der Waals surface area contributed by atoms with Crippen LogP contribution >= 0.6 is 27.0 Å². The zero-order chi connectivity index (χ0) is 22.0. The van der Waals surface area contributed by atoms with E-state index in [-0.39, 0.29) is 23.8 Å². The fourth-order valence-electron chi connectivity index (χ4n) is 2.31. The number of nitrogens with two attached hydrogens (primary N) is 1. The molecule has 156 valence electrons. The van der Waals surface area contributed by atoms with Crippen LogP contribution in [-0.2, 0) is 37.5 Å². The maximum Gasteiger partial charge on any atom is 0.481 e. The molecule has 6 N–H and O–H groups in total. The minimum Gasteiger partial charge on any atom is -0.384 e. The van der Waals surface area contributed by atoms with Crippen molar-refractivity contribution in [2.45, 2.75) is 33.4 Å². The van der Waals surface area contributed by atoms with E-state index in [9.17, 15) is 19.1 Å². The van der Waals surface area contributed by atoms with Crippen LogP contribution < -0.4 is 10.3 Å². The van der Waals surface area contributed by atoms with Gasteiger partial charge in [-0.05, 0) is 6.92 Å². The third-order valence-electron chi connectivity index (χ3n) is 3.55. The van der Waals surface area contributed by atoms with Gasteiger partial charge in [0.1, 0.15) is 18.2 Å². The van der Waals surface area contributed by atoms with E-state index in [0.717, 1.165) is 11.3 Å². The Morgan fingerprint density at radius 3 is 2.61 bits per heavy atom. The molecular formula is C13H21N4O8P2S+. The number of aliphatic hydroxyl groups excluding tert-OH is 1. The summed E-state index contributed by atoms with van der Waals surface area (Å²) in [6.45, 7) is 1.67. The normalized spacial score (nSPS) is 15.9. The number of aliphatic hydroxyl groups is 1. The van der Waals surface area contributed by atoms with Gasteiger partial charge in [-0.25, -0.2) is 19.1 Å². The third kappa shape index (κ3) is 6.38. The standard InChI is InChI=1S/C13H20N4O8P2S/c1-8-11(3-4-24-27(22,23)25-26(19,20)21)28-12(7-18)17(8)6-10-5-15-9(2)16-13(10)14/h5,18H,3-4,6-7H2,1-2H3,(H4-,14,15,16,19,20,21,22,23)/p+1/i7T. The van der Waals surface area contributed by atoms with Crippen LogP contribution in [0, 0.1) is 13.8 Å². The third-order valence-corrected chi connectivity index (χ3v) is 7.02. The van der Waals surface area contributed by atoms with Gasteiger partial charge in [0.05, 0.1) is 18.4 Å². The Hall–Kier alpha value is -1.27. The van der Waals surface area contributed by atoms with Gasteiger partial charge in [-0.15, -0.1) is 0 Å². The van der Waals surface area contributed by atoms with Crippen molar-refractivity contribution in [3.63, 3.8) is 0 Å². The van der Waals surface area contributed by atoms with Crippen LogP contribution in [0.3, 0.4) is 0 Å². The first-order chi connectivity index (χ1) is 13.3. The second kappa shape index (κ2) is 9.04. The molecule has 28 heavy (non-hydrogen) atoms. The Morgan fingerprint density at radius 1 is 1.36 bits per heavy atom. The van der Waals surface area contributed by atoms with Crippen LogP contribution in [0.1, 0.15) is 28.3 Å². The lowest BCUT2D eigenvalue weighted by Gasteiger charge is -2.11. The van der Waals surface area contributed by atoms with Gasteiger partial charge in [-0.1, -0.05) is 11.3 Å². The van der Waals surface area contributed by atoms with E-state index in [1.807, 2.05) is 0 Å². The molecule has 0 spiro atoms. The Labute approximate surface area is 165 Å². The number of nitrogens with zero attached hydrogens (tertiary/aromatic N) is 3. The number of anilines is 1. The van der Waals surface area contributed by atoms with Crippen molar-refractivity contribution in [3.8, 4) is 0 Å². The van der Waals surface area contributed by atoms with Gasteiger partial charge in [-0.3, -0.25) is 4.52 Å². The molecule has 0 radical (unpaired) electrons. The monoisotopic (exact) mass is 457 g/mol. The highest BCUT2D eigenvalue weighted by Crippen LogP contribution is 2.57. The van der Waals surface area contributed by atoms with Gasteiger partial charge in [0.25, 0.3) is 5.01 Å². The molecule has 2 atom stereocenters. The van der Waals surface area contributed by atoms with E-state index in [1.54, 1.807) is 24.6 Å². The largest absolute Gasteiger partial charge is 0.481 e. The van der Waals surface area contributed by atoms with E-state index >= 15 is 0 Å². The highest BCUT2D eigenvalue weighted by Gasteiger charge is 2.32. The number of phosphoric ester groups is 1. The van der Waals surface area contributed by atoms with Gasteiger partial charge in [-0.2, -0.15) is 8.88 Å². The number of nitrogen functional groups attached to an aromatic ring is 1. The summed E-state index contributed by atoms with van der Waals surface area (Å²) in [5.41, 5.74) is 7.13. The first-order valence-electron chi connectivity index (χ1n) is 8.31. The molecule has 15 heteroatoms. The summed E-state index contributed by atoms with van der Waals surface area (Å²) < 4.78 is 39.8. The van der Waals surface area contributed by atoms with Crippen molar-refractivity contribution < 1.29 is 43.7 Å². The summed E-state index contributed by atoms with van der Waals surface area (Å²) in [7, 11) is -10.1. The Bertz CT molecular complexity index is 982. The van der Waals surface area contributed by atoms with Crippen LogP contribution in [0.4, 0.5) is 5.82 Å². The minimum atomic E-state index is -5.19. The Kier molecular flexibility index (Phi) is 6.92. The van der Waals surface area contributed by atoms with E-state index in [2.05, 4.69) is 18.8 Å². The van der Waals surface area contributed by atoms with Crippen LogP contribution in [0.2, 0.25) is 0 Å². The number of aryl methyl sites for hydroxylation is 1. The quantitative estimate of drug-likeness (QED) is 0.258.